The fraction of sp³-hybridized carbons (Fsp3) is 0.529. The number of benzene rings is 1. The Hall–Kier alpha value is -2.35. The van der Waals surface area contributed by atoms with Crippen LogP contribution in [0.5, 0.6) is 0 Å². The minimum absolute atomic E-state index is 0.0186. The SMILES string of the molecule is Cc1nnnn1C(Cc1cccc(F)c1)C(=O)N1CCCN(C)CC1. The molecule has 0 aliphatic carbocycles. The van der Waals surface area contributed by atoms with Gasteiger partial charge in [-0.2, -0.15) is 0 Å². The Morgan fingerprint density at radius 3 is 2.84 bits per heavy atom. The Morgan fingerprint density at radius 2 is 2.12 bits per heavy atom. The summed E-state index contributed by atoms with van der Waals surface area (Å²) in [5.41, 5.74) is 0.750. The van der Waals surface area contributed by atoms with E-state index in [0.29, 0.717) is 25.3 Å². The van der Waals surface area contributed by atoms with Crippen molar-refractivity contribution >= 4 is 5.91 Å². The van der Waals surface area contributed by atoms with Gasteiger partial charge >= 0.3 is 0 Å². The molecule has 1 aliphatic heterocycles. The summed E-state index contributed by atoms with van der Waals surface area (Å²) in [6, 6.07) is 5.75. The highest BCUT2D eigenvalue weighted by Crippen LogP contribution is 2.19. The minimum atomic E-state index is -0.569. The lowest BCUT2D eigenvalue weighted by molar-refractivity contribution is -0.135. The van der Waals surface area contributed by atoms with E-state index in [9.17, 15) is 9.18 Å². The maximum atomic E-state index is 13.5. The van der Waals surface area contributed by atoms with Crippen LogP contribution in [0.3, 0.4) is 0 Å². The van der Waals surface area contributed by atoms with Crippen LogP contribution in [0.15, 0.2) is 24.3 Å². The maximum absolute atomic E-state index is 13.5. The normalized spacial score (nSPS) is 17.3. The van der Waals surface area contributed by atoms with Crippen molar-refractivity contribution in [3.05, 3.63) is 41.5 Å². The van der Waals surface area contributed by atoms with E-state index in [4.69, 9.17) is 0 Å². The van der Waals surface area contributed by atoms with Gasteiger partial charge in [0.25, 0.3) is 0 Å². The zero-order chi connectivity index (χ0) is 17.8. The lowest BCUT2D eigenvalue weighted by atomic mass is 10.0. The second-order valence-corrected chi connectivity index (χ2v) is 6.50. The highest BCUT2D eigenvalue weighted by atomic mass is 19.1. The molecule has 25 heavy (non-hydrogen) atoms. The fourth-order valence-corrected chi connectivity index (χ4v) is 3.17. The third kappa shape index (κ3) is 4.19. The number of amides is 1. The predicted molar refractivity (Wildman–Crippen MR) is 90.4 cm³/mol. The molecule has 1 aromatic carbocycles. The highest BCUT2D eigenvalue weighted by molar-refractivity contribution is 5.80. The van der Waals surface area contributed by atoms with Gasteiger partial charge in [-0.3, -0.25) is 4.79 Å². The van der Waals surface area contributed by atoms with Gasteiger partial charge in [-0.15, -0.1) is 5.10 Å². The summed E-state index contributed by atoms with van der Waals surface area (Å²) in [7, 11) is 2.06. The van der Waals surface area contributed by atoms with Crippen molar-refractivity contribution in [1.82, 2.24) is 30.0 Å². The summed E-state index contributed by atoms with van der Waals surface area (Å²) in [4.78, 5) is 17.3. The van der Waals surface area contributed by atoms with Gasteiger partial charge in [0.15, 0.2) is 0 Å². The van der Waals surface area contributed by atoms with Crippen LogP contribution in [0.4, 0.5) is 4.39 Å². The predicted octanol–water partition coefficient (Wildman–Crippen LogP) is 1.07. The Morgan fingerprint density at radius 1 is 1.28 bits per heavy atom. The third-order valence-corrected chi connectivity index (χ3v) is 4.59. The number of rotatable bonds is 4. The molecule has 1 atom stereocenters. The molecule has 1 aromatic heterocycles. The molecule has 1 unspecified atom stereocenters. The van der Waals surface area contributed by atoms with Gasteiger partial charge in [0.1, 0.15) is 17.7 Å². The van der Waals surface area contributed by atoms with E-state index >= 15 is 0 Å². The molecule has 1 aliphatic rings. The van der Waals surface area contributed by atoms with Crippen molar-refractivity contribution in [2.75, 3.05) is 33.2 Å². The van der Waals surface area contributed by atoms with Crippen molar-refractivity contribution in [1.29, 1.82) is 0 Å². The Kier molecular flexibility index (Phi) is 5.37. The number of hydrogen-bond donors (Lipinski definition) is 0. The van der Waals surface area contributed by atoms with Gasteiger partial charge in [-0.25, -0.2) is 9.07 Å². The molecule has 7 nitrogen and oxygen atoms in total. The highest BCUT2D eigenvalue weighted by Gasteiger charge is 2.29. The molecule has 8 heteroatoms. The lowest BCUT2D eigenvalue weighted by Crippen LogP contribution is -2.41. The largest absolute Gasteiger partial charge is 0.339 e. The van der Waals surface area contributed by atoms with Crippen molar-refractivity contribution in [3.8, 4) is 0 Å². The quantitative estimate of drug-likeness (QED) is 0.828. The zero-order valence-electron chi connectivity index (χ0n) is 14.6. The Labute approximate surface area is 146 Å². The van der Waals surface area contributed by atoms with E-state index in [1.165, 1.54) is 12.1 Å². The summed E-state index contributed by atoms with van der Waals surface area (Å²) < 4.78 is 15.1. The first-order valence-electron chi connectivity index (χ1n) is 8.51. The monoisotopic (exact) mass is 346 g/mol. The average Bonchev–Trinajstić information content (AvgIpc) is 2.88. The van der Waals surface area contributed by atoms with E-state index < -0.39 is 6.04 Å². The number of nitrogens with zero attached hydrogens (tertiary/aromatic N) is 6. The molecule has 3 rings (SSSR count). The molecule has 2 heterocycles. The second-order valence-electron chi connectivity index (χ2n) is 6.50. The summed E-state index contributed by atoms with van der Waals surface area (Å²) in [6.45, 7) is 4.97. The molecule has 1 amide bonds. The molecule has 1 fully saturated rings. The van der Waals surface area contributed by atoms with Crippen LogP contribution >= 0.6 is 0 Å². The second kappa shape index (κ2) is 7.69. The smallest absolute Gasteiger partial charge is 0.247 e. The molecule has 0 N–H and O–H groups in total. The number of likely N-dealkylation sites (N-methyl/N-ethyl adjacent to an activating group) is 1. The summed E-state index contributed by atoms with van der Waals surface area (Å²) in [6.07, 6.45) is 1.29. The molecule has 0 radical (unpaired) electrons. The standard InChI is InChI=1S/C17H23FN6O/c1-13-19-20-21-24(13)16(12-14-5-3-6-15(18)11-14)17(25)23-8-4-7-22(2)9-10-23/h3,5-6,11,16H,4,7-10,12H2,1-2H3. The van der Waals surface area contributed by atoms with Crippen LogP contribution < -0.4 is 0 Å². The van der Waals surface area contributed by atoms with Crippen molar-refractivity contribution in [2.24, 2.45) is 0 Å². The van der Waals surface area contributed by atoms with Crippen molar-refractivity contribution in [3.63, 3.8) is 0 Å². The summed E-state index contributed by atoms with van der Waals surface area (Å²) in [5, 5.41) is 11.6. The number of halogens is 1. The van der Waals surface area contributed by atoms with Gasteiger partial charge in [-0.05, 0) is 55.1 Å². The average molecular weight is 346 g/mol. The number of tetrazole rings is 1. The van der Waals surface area contributed by atoms with Crippen molar-refractivity contribution in [2.45, 2.75) is 25.8 Å². The summed E-state index contributed by atoms with van der Waals surface area (Å²) in [5.74, 6) is 0.241. The number of carbonyl (C=O) groups is 1. The maximum Gasteiger partial charge on any atom is 0.247 e. The van der Waals surface area contributed by atoms with E-state index in [1.807, 2.05) is 11.0 Å². The van der Waals surface area contributed by atoms with Crippen LogP contribution in [0.25, 0.3) is 0 Å². The first-order chi connectivity index (χ1) is 12.0. The molecular weight excluding hydrogens is 323 g/mol. The number of carbonyl (C=O) groups excluding carboxylic acids is 1. The molecule has 0 bridgehead atoms. The van der Waals surface area contributed by atoms with E-state index in [0.717, 1.165) is 25.1 Å². The molecule has 2 aromatic rings. The van der Waals surface area contributed by atoms with E-state index in [1.54, 1.807) is 17.7 Å². The van der Waals surface area contributed by atoms with Crippen LogP contribution in [-0.4, -0.2) is 69.1 Å². The van der Waals surface area contributed by atoms with Crippen LogP contribution in [0.1, 0.15) is 23.9 Å². The Balaban J connectivity index is 1.85. The summed E-state index contributed by atoms with van der Waals surface area (Å²) >= 11 is 0. The molecule has 134 valence electrons. The molecule has 0 saturated carbocycles. The van der Waals surface area contributed by atoms with Gasteiger partial charge in [0, 0.05) is 26.1 Å². The first-order valence-corrected chi connectivity index (χ1v) is 8.51. The zero-order valence-corrected chi connectivity index (χ0v) is 14.6. The Bertz CT molecular complexity index is 733. The number of aryl methyl sites for hydroxylation is 1. The van der Waals surface area contributed by atoms with Crippen LogP contribution in [-0.2, 0) is 11.2 Å². The number of aromatic nitrogens is 4. The van der Waals surface area contributed by atoms with Crippen molar-refractivity contribution < 1.29 is 9.18 Å². The van der Waals surface area contributed by atoms with E-state index in [2.05, 4.69) is 27.5 Å². The number of hydrogen-bond acceptors (Lipinski definition) is 5. The first kappa shape index (κ1) is 17.5. The minimum Gasteiger partial charge on any atom is -0.339 e. The van der Waals surface area contributed by atoms with Gasteiger partial charge in [0.2, 0.25) is 5.91 Å². The molecule has 1 saturated heterocycles. The van der Waals surface area contributed by atoms with Gasteiger partial charge < -0.3 is 9.80 Å². The van der Waals surface area contributed by atoms with Gasteiger partial charge in [0.05, 0.1) is 0 Å². The third-order valence-electron chi connectivity index (χ3n) is 4.59. The topological polar surface area (TPSA) is 67.2 Å². The lowest BCUT2D eigenvalue weighted by Gasteiger charge is -2.26. The fourth-order valence-electron chi connectivity index (χ4n) is 3.17. The van der Waals surface area contributed by atoms with Crippen LogP contribution in [0.2, 0.25) is 0 Å². The van der Waals surface area contributed by atoms with Gasteiger partial charge in [-0.1, -0.05) is 12.1 Å². The van der Waals surface area contributed by atoms with Crippen LogP contribution in [0, 0.1) is 12.7 Å². The molecule has 0 spiro atoms. The van der Waals surface area contributed by atoms with E-state index in [-0.39, 0.29) is 11.7 Å². The molecular formula is C17H23FN6O.